The van der Waals surface area contributed by atoms with Crippen LogP contribution < -0.4 is 54.6 Å². The first-order valence-electron chi connectivity index (χ1n) is 18.7. The zero-order chi connectivity index (χ0) is 37.7. The Hall–Kier alpha value is -5.42. The third kappa shape index (κ3) is 5.04. The number of hydrogen-bond acceptors (Lipinski definition) is 5. The Bertz CT molecular complexity index is 2940. The Balaban J connectivity index is 1.28. The molecule has 246 valence electrons. The summed E-state index contributed by atoms with van der Waals surface area (Å²) in [7, 11) is 21.9. The Kier molecular flexibility index (Phi) is 8.00. The lowest BCUT2D eigenvalue weighted by Crippen LogP contribution is -2.55. The molecule has 0 unspecified atom stereocenters. The SMILES string of the molecule is Bc1c(B)c(B)c(-c2nc(-c3ccc4c(c3)oc3cccc(-c5cccc6c5oc5ccccc56)c34)nc(-c3c(B)c(B)c(B)c(B)c3B)n2)c(B)c1B. The molecule has 6 aromatic carbocycles. The van der Waals surface area contributed by atoms with E-state index in [2.05, 4.69) is 139 Å². The van der Waals surface area contributed by atoms with Crippen molar-refractivity contribution in [3.63, 3.8) is 0 Å². The van der Waals surface area contributed by atoms with Gasteiger partial charge in [0.25, 0.3) is 0 Å². The molecule has 0 atom stereocenters. The van der Waals surface area contributed by atoms with Crippen LogP contribution in [0.3, 0.4) is 0 Å². The lowest BCUT2D eigenvalue weighted by atomic mass is 9.60. The van der Waals surface area contributed by atoms with Crippen LogP contribution in [0.5, 0.6) is 0 Å². The number of furan rings is 2. The van der Waals surface area contributed by atoms with Gasteiger partial charge in [-0.1, -0.05) is 76.4 Å². The van der Waals surface area contributed by atoms with E-state index in [0.717, 1.165) is 71.7 Å². The van der Waals surface area contributed by atoms with Crippen molar-refractivity contribution >= 4 is 177 Å². The zero-order valence-corrected chi connectivity index (χ0v) is 32.7. The van der Waals surface area contributed by atoms with Gasteiger partial charge in [0.2, 0.25) is 0 Å². The minimum Gasteiger partial charge on any atom is -0.456 e. The molecule has 0 aliphatic rings. The number of nitrogens with zero attached hydrogens (tertiary/aromatic N) is 3. The zero-order valence-electron chi connectivity index (χ0n) is 32.7. The average molecular weight is 684 g/mol. The maximum atomic E-state index is 6.64. The van der Waals surface area contributed by atoms with Crippen molar-refractivity contribution in [2.24, 2.45) is 0 Å². The second kappa shape index (κ2) is 12.6. The van der Waals surface area contributed by atoms with Crippen molar-refractivity contribution in [1.82, 2.24) is 15.0 Å². The highest BCUT2D eigenvalue weighted by Gasteiger charge is 2.23. The summed E-state index contributed by atoms with van der Waals surface area (Å²) in [5.41, 5.74) is 21.0. The topological polar surface area (TPSA) is 65.0 Å². The maximum absolute atomic E-state index is 6.64. The number of aromatic nitrogens is 3. The highest BCUT2D eigenvalue weighted by molar-refractivity contribution is 6.69. The molecule has 0 saturated carbocycles. The van der Waals surface area contributed by atoms with Crippen molar-refractivity contribution in [2.45, 2.75) is 0 Å². The molecule has 9 aromatic rings. The molecule has 3 aromatic heterocycles. The molecule has 0 fully saturated rings. The Morgan fingerprint density at radius 1 is 0.370 bits per heavy atom. The highest BCUT2D eigenvalue weighted by atomic mass is 16.3. The van der Waals surface area contributed by atoms with Crippen LogP contribution >= 0.6 is 0 Å². The molecule has 0 bridgehead atoms. The third-order valence-electron chi connectivity index (χ3n) is 12.5. The van der Waals surface area contributed by atoms with Crippen LogP contribution in [0.1, 0.15) is 0 Å². The van der Waals surface area contributed by atoms with Gasteiger partial charge in [0.15, 0.2) is 17.5 Å². The van der Waals surface area contributed by atoms with Gasteiger partial charge >= 0.3 is 0 Å². The average Bonchev–Trinajstić information content (AvgIpc) is 3.76. The van der Waals surface area contributed by atoms with E-state index in [1.165, 1.54) is 54.6 Å². The van der Waals surface area contributed by atoms with Gasteiger partial charge in [-0.2, -0.15) is 0 Å². The van der Waals surface area contributed by atoms with Crippen LogP contribution in [0.2, 0.25) is 0 Å². The fraction of sp³-hybridized carbons (Fsp3) is 0. The molecule has 15 heteroatoms. The Morgan fingerprint density at radius 3 is 1.50 bits per heavy atom. The van der Waals surface area contributed by atoms with Gasteiger partial charge in [-0.3, -0.25) is 0 Å². The van der Waals surface area contributed by atoms with E-state index in [-0.39, 0.29) is 0 Å². The first-order chi connectivity index (χ1) is 25.9. The normalized spacial score (nSPS) is 11.7. The lowest BCUT2D eigenvalue weighted by molar-refractivity contribution is 0.669. The Labute approximate surface area is 323 Å². The van der Waals surface area contributed by atoms with E-state index in [1.807, 2.05) is 18.2 Å². The molecule has 0 aliphatic heterocycles. The van der Waals surface area contributed by atoms with Crippen molar-refractivity contribution in [3.05, 3.63) is 78.9 Å². The van der Waals surface area contributed by atoms with Gasteiger partial charge in [-0.05, 0) is 29.8 Å². The summed E-state index contributed by atoms with van der Waals surface area (Å²) in [6.45, 7) is 0. The van der Waals surface area contributed by atoms with Gasteiger partial charge in [0.1, 0.15) is 101 Å². The monoisotopic (exact) mass is 685 g/mol. The molecule has 5 nitrogen and oxygen atoms in total. The highest BCUT2D eigenvalue weighted by Crippen LogP contribution is 2.42. The van der Waals surface area contributed by atoms with Gasteiger partial charge in [-0.25, -0.2) is 15.0 Å². The summed E-state index contributed by atoms with van der Waals surface area (Å²) >= 11 is 0. The van der Waals surface area contributed by atoms with E-state index in [4.69, 9.17) is 23.8 Å². The van der Waals surface area contributed by atoms with Crippen LogP contribution in [0.15, 0.2) is 87.7 Å². The summed E-state index contributed by atoms with van der Waals surface area (Å²) in [5, 5.41) is 4.30. The van der Waals surface area contributed by atoms with Gasteiger partial charge in [-0.15, -0.1) is 32.8 Å². The minimum absolute atomic E-state index is 0.619. The van der Waals surface area contributed by atoms with Crippen LogP contribution in [0.25, 0.3) is 89.2 Å². The molecule has 9 rings (SSSR count). The minimum atomic E-state index is 0.619. The Morgan fingerprint density at radius 2 is 0.870 bits per heavy atom. The molecule has 0 aliphatic carbocycles. The molecule has 0 N–H and O–H groups in total. The number of fused-ring (bicyclic) bond motifs is 6. The van der Waals surface area contributed by atoms with Crippen molar-refractivity contribution in [2.75, 3.05) is 0 Å². The summed E-state index contributed by atoms with van der Waals surface area (Å²) in [6, 6.07) is 27.2. The van der Waals surface area contributed by atoms with Crippen molar-refractivity contribution in [1.29, 1.82) is 0 Å². The summed E-state index contributed by atoms with van der Waals surface area (Å²) < 4.78 is 13.1. The lowest BCUT2D eigenvalue weighted by Gasteiger charge is -2.22. The van der Waals surface area contributed by atoms with Gasteiger partial charge < -0.3 is 8.83 Å². The van der Waals surface area contributed by atoms with E-state index in [9.17, 15) is 0 Å². The number of benzene rings is 6. The number of hydrogen-bond donors (Lipinski definition) is 0. The predicted octanol–water partition coefficient (Wildman–Crippen LogP) is -7.08. The van der Waals surface area contributed by atoms with E-state index >= 15 is 0 Å². The second-order valence-corrected chi connectivity index (χ2v) is 15.1. The molecular formula is C39H33B10N3O2. The quantitative estimate of drug-likeness (QED) is 0.173. The number of para-hydroxylation sites is 2. The number of rotatable bonds is 4. The summed E-state index contributed by atoms with van der Waals surface area (Å²) in [4.78, 5) is 15.8. The van der Waals surface area contributed by atoms with E-state index in [1.54, 1.807) is 0 Å². The standard InChI is InChI=1S/C39H33B10N3O2/c40-26-24(27(41)31(45)34(48)30(26)44)38-50-37(51-39(52-38)25-28(42)32(46)35(49)33(47)29(25)43)14-11-12-19-22(13-14)53-21-10-4-6-16(23(19)21)18-8-3-7-17-15-5-1-2-9-20(15)54-36(17)18/h1-13H,40-49H2. The summed E-state index contributed by atoms with van der Waals surface area (Å²) in [5.74, 6) is 2.00. The molecule has 0 saturated heterocycles. The van der Waals surface area contributed by atoms with Crippen LogP contribution in [0, 0.1) is 0 Å². The fourth-order valence-corrected chi connectivity index (χ4v) is 8.55. The summed E-state index contributed by atoms with van der Waals surface area (Å²) in [6.07, 6.45) is 0. The smallest absolute Gasteiger partial charge is 0.164 e. The van der Waals surface area contributed by atoms with E-state index < -0.39 is 0 Å². The van der Waals surface area contributed by atoms with Gasteiger partial charge in [0, 0.05) is 43.8 Å². The van der Waals surface area contributed by atoms with Gasteiger partial charge in [0.05, 0.1) is 0 Å². The molecule has 0 spiro atoms. The fourth-order valence-electron chi connectivity index (χ4n) is 8.55. The first-order valence-corrected chi connectivity index (χ1v) is 18.7. The molecule has 0 amide bonds. The molecule has 3 heterocycles. The third-order valence-corrected chi connectivity index (χ3v) is 12.5. The van der Waals surface area contributed by atoms with Crippen LogP contribution in [-0.2, 0) is 0 Å². The van der Waals surface area contributed by atoms with Crippen molar-refractivity contribution < 1.29 is 8.83 Å². The van der Waals surface area contributed by atoms with E-state index in [0.29, 0.717) is 17.5 Å². The predicted molar refractivity (Wildman–Crippen MR) is 258 cm³/mol. The molecule has 54 heavy (non-hydrogen) atoms. The van der Waals surface area contributed by atoms with Crippen LogP contribution in [0.4, 0.5) is 0 Å². The van der Waals surface area contributed by atoms with Crippen molar-refractivity contribution in [3.8, 4) is 45.3 Å². The molecule has 0 radical (unpaired) electrons. The second-order valence-electron chi connectivity index (χ2n) is 15.1. The molecular weight excluding hydrogens is 651 g/mol. The largest absolute Gasteiger partial charge is 0.456 e. The van der Waals surface area contributed by atoms with Crippen LogP contribution in [-0.4, -0.2) is 93.4 Å². The first kappa shape index (κ1) is 34.4. The maximum Gasteiger partial charge on any atom is 0.164 e.